The fourth-order valence-corrected chi connectivity index (χ4v) is 2.97. The topological polar surface area (TPSA) is 63.5 Å². The molecule has 5 nitrogen and oxygen atoms in total. The highest BCUT2D eigenvalue weighted by Gasteiger charge is 2.27. The van der Waals surface area contributed by atoms with E-state index in [2.05, 4.69) is 0 Å². The minimum absolute atomic E-state index is 0.0808. The van der Waals surface area contributed by atoms with E-state index < -0.39 is 22.5 Å². The number of fused-ring (bicyclic) bond motifs is 1. The van der Waals surface area contributed by atoms with Gasteiger partial charge >= 0.3 is 0 Å². The number of nitro groups is 1. The maximum absolute atomic E-state index is 13.9. The van der Waals surface area contributed by atoms with Crippen LogP contribution < -0.4 is 4.90 Å². The Morgan fingerprint density at radius 3 is 2.67 bits per heavy atom. The molecule has 0 bridgehead atoms. The zero-order valence-electron chi connectivity index (χ0n) is 12.9. The minimum atomic E-state index is -0.745. The maximum atomic E-state index is 13.9. The molecule has 0 spiro atoms. The van der Waals surface area contributed by atoms with Crippen LogP contribution in [0.3, 0.4) is 0 Å². The van der Waals surface area contributed by atoms with Crippen LogP contribution in [0.25, 0.3) is 0 Å². The van der Waals surface area contributed by atoms with Crippen LogP contribution in [0.5, 0.6) is 0 Å². The van der Waals surface area contributed by atoms with E-state index in [0.29, 0.717) is 30.5 Å². The van der Waals surface area contributed by atoms with E-state index in [1.165, 1.54) is 23.1 Å². The Morgan fingerprint density at radius 2 is 2.00 bits per heavy atom. The molecule has 0 aromatic heterocycles. The van der Waals surface area contributed by atoms with Crippen LogP contribution in [0.4, 0.5) is 20.2 Å². The summed E-state index contributed by atoms with van der Waals surface area (Å²) in [4.78, 5) is 24.4. The average molecular weight is 332 g/mol. The minimum Gasteiger partial charge on any atom is -0.308 e. The van der Waals surface area contributed by atoms with Gasteiger partial charge in [0.1, 0.15) is 11.6 Å². The molecule has 1 aliphatic heterocycles. The van der Waals surface area contributed by atoms with E-state index in [-0.39, 0.29) is 16.9 Å². The molecule has 1 heterocycles. The van der Waals surface area contributed by atoms with Gasteiger partial charge in [0.25, 0.3) is 11.6 Å². The van der Waals surface area contributed by atoms with Gasteiger partial charge in [-0.25, -0.2) is 8.78 Å². The number of anilines is 1. The van der Waals surface area contributed by atoms with E-state index in [9.17, 15) is 23.7 Å². The van der Waals surface area contributed by atoms with E-state index in [1.807, 2.05) is 0 Å². The van der Waals surface area contributed by atoms with Crippen LogP contribution in [0.2, 0.25) is 0 Å². The summed E-state index contributed by atoms with van der Waals surface area (Å²) >= 11 is 0. The number of nitro benzene ring substituents is 1. The van der Waals surface area contributed by atoms with Gasteiger partial charge in [-0.3, -0.25) is 14.9 Å². The normalized spacial score (nSPS) is 13.5. The number of carbonyl (C=O) groups excluding carboxylic acids is 1. The van der Waals surface area contributed by atoms with Gasteiger partial charge in [0, 0.05) is 35.4 Å². The smallest absolute Gasteiger partial charge is 0.272 e. The van der Waals surface area contributed by atoms with Crippen LogP contribution in [0, 0.1) is 28.7 Å². The fraction of sp³-hybridized carbons (Fsp3) is 0.235. The summed E-state index contributed by atoms with van der Waals surface area (Å²) in [5.74, 6) is -1.84. The van der Waals surface area contributed by atoms with Crippen molar-refractivity contribution in [2.75, 3.05) is 11.4 Å². The molecule has 0 atom stereocenters. The van der Waals surface area contributed by atoms with Crippen molar-refractivity contribution < 1.29 is 18.5 Å². The zero-order chi connectivity index (χ0) is 17.4. The van der Waals surface area contributed by atoms with Crippen molar-refractivity contribution in [2.24, 2.45) is 0 Å². The van der Waals surface area contributed by atoms with Crippen molar-refractivity contribution in [1.29, 1.82) is 0 Å². The number of benzene rings is 2. The quantitative estimate of drug-likeness (QED) is 0.621. The number of halogens is 2. The molecule has 0 radical (unpaired) electrons. The van der Waals surface area contributed by atoms with Crippen molar-refractivity contribution in [2.45, 2.75) is 19.8 Å². The van der Waals surface area contributed by atoms with Crippen molar-refractivity contribution in [3.8, 4) is 0 Å². The number of amides is 1. The third kappa shape index (κ3) is 2.73. The molecule has 2 aromatic carbocycles. The molecule has 0 aliphatic carbocycles. The molecule has 3 rings (SSSR count). The summed E-state index contributed by atoms with van der Waals surface area (Å²) in [5, 5.41) is 10.9. The predicted octanol–water partition coefficient (Wildman–Crippen LogP) is 3.77. The summed E-state index contributed by atoms with van der Waals surface area (Å²) in [7, 11) is 0. The molecule has 7 heteroatoms. The second-order valence-corrected chi connectivity index (χ2v) is 5.70. The van der Waals surface area contributed by atoms with Gasteiger partial charge < -0.3 is 4.90 Å². The lowest BCUT2D eigenvalue weighted by Crippen LogP contribution is -2.36. The molecule has 0 unspecified atom stereocenters. The van der Waals surface area contributed by atoms with Crippen molar-refractivity contribution in [3.63, 3.8) is 0 Å². The van der Waals surface area contributed by atoms with Crippen LogP contribution in [0.1, 0.15) is 27.9 Å². The average Bonchev–Trinajstić information content (AvgIpc) is 2.53. The largest absolute Gasteiger partial charge is 0.308 e. The van der Waals surface area contributed by atoms with Crippen LogP contribution in [-0.2, 0) is 6.42 Å². The molecule has 0 N–H and O–H groups in total. The van der Waals surface area contributed by atoms with Crippen LogP contribution in [-0.4, -0.2) is 17.4 Å². The molecule has 124 valence electrons. The lowest BCUT2D eigenvalue weighted by molar-refractivity contribution is -0.385. The zero-order valence-corrected chi connectivity index (χ0v) is 12.9. The number of carbonyl (C=O) groups is 1. The number of aryl methyl sites for hydroxylation is 1. The molecule has 24 heavy (non-hydrogen) atoms. The Hall–Kier alpha value is -2.83. The molecular formula is C17H14F2N2O3. The van der Waals surface area contributed by atoms with Gasteiger partial charge in [0.2, 0.25) is 0 Å². The second kappa shape index (κ2) is 5.99. The molecule has 2 aromatic rings. The SMILES string of the molecule is Cc1cc(C(=O)N2CCCc3c(F)cc(F)cc32)ccc1[N+](=O)[O-]. The van der Waals surface area contributed by atoms with Crippen molar-refractivity contribution in [3.05, 3.63) is 68.8 Å². The van der Waals surface area contributed by atoms with Crippen LogP contribution in [0.15, 0.2) is 30.3 Å². The van der Waals surface area contributed by atoms with E-state index in [0.717, 1.165) is 12.1 Å². The first-order valence-corrected chi connectivity index (χ1v) is 7.43. The first-order chi connectivity index (χ1) is 11.4. The number of nitrogens with zero attached hydrogens (tertiary/aromatic N) is 2. The molecule has 0 saturated carbocycles. The monoisotopic (exact) mass is 332 g/mol. The third-order valence-electron chi connectivity index (χ3n) is 4.12. The first kappa shape index (κ1) is 16.0. The Morgan fingerprint density at radius 1 is 1.25 bits per heavy atom. The highest BCUT2D eigenvalue weighted by atomic mass is 19.1. The first-order valence-electron chi connectivity index (χ1n) is 7.43. The molecule has 0 saturated heterocycles. The predicted molar refractivity (Wildman–Crippen MR) is 84.2 cm³/mol. The van der Waals surface area contributed by atoms with E-state index >= 15 is 0 Å². The summed E-state index contributed by atoms with van der Waals surface area (Å²) in [6.45, 7) is 1.88. The number of hydrogen-bond acceptors (Lipinski definition) is 3. The standard InChI is InChI=1S/C17H14F2N2O3/c1-10-7-11(4-5-15(10)21(23)24)17(22)20-6-2-3-13-14(19)8-12(18)9-16(13)20/h4-5,7-9H,2-3,6H2,1H3. The molecular weight excluding hydrogens is 318 g/mol. The number of rotatable bonds is 2. The Balaban J connectivity index is 2.01. The highest BCUT2D eigenvalue weighted by Crippen LogP contribution is 2.32. The third-order valence-corrected chi connectivity index (χ3v) is 4.12. The molecule has 1 amide bonds. The van der Waals surface area contributed by atoms with Gasteiger partial charge in [-0.15, -0.1) is 0 Å². The summed E-state index contributed by atoms with van der Waals surface area (Å²) in [6, 6.07) is 6.00. The lowest BCUT2D eigenvalue weighted by Gasteiger charge is -2.30. The van der Waals surface area contributed by atoms with Gasteiger partial charge in [0.15, 0.2) is 0 Å². The van der Waals surface area contributed by atoms with E-state index in [4.69, 9.17) is 0 Å². The second-order valence-electron chi connectivity index (χ2n) is 5.70. The van der Waals surface area contributed by atoms with Gasteiger partial charge in [-0.05, 0) is 38.0 Å². The fourth-order valence-electron chi connectivity index (χ4n) is 2.97. The molecule has 0 fully saturated rings. The van der Waals surface area contributed by atoms with Crippen molar-refractivity contribution in [1.82, 2.24) is 0 Å². The van der Waals surface area contributed by atoms with Gasteiger partial charge in [0.05, 0.1) is 10.6 Å². The summed E-state index contributed by atoms with van der Waals surface area (Å²) < 4.78 is 27.5. The Bertz CT molecular complexity index is 852. The Labute approximate surface area is 136 Å². The highest BCUT2D eigenvalue weighted by molar-refractivity contribution is 6.07. The molecule has 1 aliphatic rings. The van der Waals surface area contributed by atoms with Crippen LogP contribution >= 0.6 is 0 Å². The van der Waals surface area contributed by atoms with Crippen molar-refractivity contribution >= 4 is 17.3 Å². The Kier molecular flexibility index (Phi) is 4.01. The summed E-state index contributed by atoms with van der Waals surface area (Å²) in [6.07, 6.45) is 0.998. The number of hydrogen-bond donors (Lipinski definition) is 0. The van der Waals surface area contributed by atoms with Gasteiger partial charge in [-0.2, -0.15) is 0 Å². The van der Waals surface area contributed by atoms with E-state index in [1.54, 1.807) is 6.92 Å². The maximum Gasteiger partial charge on any atom is 0.272 e. The van der Waals surface area contributed by atoms with Gasteiger partial charge in [-0.1, -0.05) is 0 Å². The summed E-state index contributed by atoms with van der Waals surface area (Å²) in [5.41, 5.74) is 1.06. The lowest BCUT2D eigenvalue weighted by atomic mass is 9.99.